The van der Waals surface area contributed by atoms with Crippen molar-refractivity contribution in [1.82, 2.24) is 14.9 Å². The first-order chi connectivity index (χ1) is 9.36. The number of rotatable bonds is 3. The Bertz CT molecular complexity index is 536. The van der Waals surface area contributed by atoms with Crippen LogP contribution in [0.4, 0.5) is 0 Å². The quantitative estimate of drug-likeness (QED) is 0.845. The number of hydrogen-bond acceptors (Lipinski definition) is 4. The Morgan fingerprint density at radius 3 is 2.95 bits per heavy atom. The van der Waals surface area contributed by atoms with Crippen LogP contribution in [0, 0.1) is 0 Å². The largest absolute Gasteiger partial charge is 0.472 e. The Kier molecular flexibility index (Phi) is 3.60. The van der Waals surface area contributed by atoms with Gasteiger partial charge in [-0.05, 0) is 24.5 Å². The van der Waals surface area contributed by atoms with Gasteiger partial charge in [-0.1, -0.05) is 6.92 Å². The highest BCUT2D eigenvalue weighted by Gasteiger charge is 2.17. The molecule has 0 bridgehead atoms. The Labute approximate surface area is 113 Å². The summed E-state index contributed by atoms with van der Waals surface area (Å²) < 4.78 is 5.14. The first kappa shape index (κ1) is 12.4. The topological polar surface area (TPSA) is 42.2 Å². The fraction of sp³-hybridized carbons (Fsp3) is 0.467. The van der Waals surface area contributed by atoms with Crippen molar-refractivity contribution < 1.29 is 4.42 Å². The SMILES string of the molecule is CCc1ncnc2c1CCN(Cc1ccoc1)CC2. The molecule has 0 saturated heterocycles. The van der Waals surface area contributed by atoms with Gasteiger partial charge in [-0.3, -0.25) is 4.90 Å². The van der Waals surface area contributed by atoms with Crippen molar-refractivity contribution in [2.24, 2.45) is 0 Å². The molecule has 0 spiro atoms. The summed E-state index contributed by atoms with van der Waals surface area (Å²) in [7, 11) is 0. The molecule has 4 nitrogen and oxygen atoms in total. The van der Waals surface area contributed by atoms with E-state index in [9.17, 15) is 0 Å². The van der Waals surface area contributed by atoms with Gasteiger partial charge < -0.3 is 4.42 Å². The number of fused-ring (bicyclic) bond motifs is 1. The van der Waals surface area contributed by atoms with Crippen LogP contribution < -0.4 is 0 Å². The van der Waals surface area contributed by atoms with Crippen LogP contribution in [0.3, 0.4) is 0 Å². The molecule has 0 aromatic carbocycles. The van der Waals surface area contributed by atoms with Gasteiger partial charge in [0.1, 0.15) is 6.33 Å². The van der Waals surface area contributed by atoms with E-state index >= 15 is 0 Å². The maximum Gasteiger partial charge on any atom is 0.115 e. The van der Waals surface area contributed by atoms with Crippen molar-refractivity contribution in [2.45, 2.75) is 32.7 Å². The minimum Gasteiger partial charge on any atom is -0.472 e. The monoisotopic (exact) mass is 257 g/mol. The zero-order valence-electron chi connectivity index (χ0n) is 11.3. The molecule has 0 saturated carbocycles. The van der Waals surface area contributed by atoms with Crippen molar-refractivity contribution in [3.8, 4) is 0 Å². The van der Waals surface area contributed by atoms with Crippen LogP contribution in [0.2, 0.25) is 0 Å². The fourth-order valence-corrected chi connectivity index (χ4v) is 2.74. The number of aromatic nitrogens is 2. The van der Waals surface area contributed by atoms with Crippen LogP contribution >= 0.6 is 0 Å². The first-order valence-corrected chi connectivity index (χ1v) is 6.92. The lowest BCUT2D eigenvalue weighted by Gasteiger charge is -2.18. The van der Waals surface area contributed by atoms with Crippen LogP contribution in [0.5, 0.6) is 0 Å². The summed E-state index contributed by atoms with van der Waals surface area (Å²) in [5, 5.41) is 0. The van der Waals surface area contributed by atoms with Gasteiger partial charge in [0.05, 0.1) is 12.5 Å². The van der Waals surface area contributed by atoms with E-state index in [-0.39, 0.29) is 0 Å². The van der Waals surface area contributed by atoms with Crippen LogP contribution in [0.15, 0.2) is 29.3 Å². The highest BCUT2D eigenvalue weighted by Crippen LogP contribution is 2.18. The average Bonchev–Trinajstić information content (AvgIpc) is 2.86. The minimum atomic E-state index is 0.958. The van der Waals surface area contributed by atoms with Gasteiger partial charge in [0, 0.05) is 43.0 Å². The molecule has 0 N–H and O–H groups in total. The molecular weight excluding hydrogens is 238 g/mol. The molecule has 3 heterocycles. The molecule has 0 aliphatic carbocycles. The Hall–Kier alpha value is -1.68. The normalized spacial score (nSPS) is 16.1. The second-order valence-corrected chi connectivity index (χ2v) is 5.01. The van der Waals surface area contributed by atoms with Gasteiger partial charge in [0.25, 0.3) is 0 Å². The zero-order chi connectivity index (χ0) is 13.1. The second kappa shape index (κ2) is 5.53. The van der Waals surface area contributed by atoms with Gasteiger partial charge in [-0.2, -0.15) is 0 Å². The highest BCUT2D eigenvalue weighted by atomic mass is 16.3. The summed E-state index contributed by atoms with van der Waals surface area (Å²) in [6.45, 7) is 5.24. The maximum absolute atomic E-state index is 5.14. The second-order valence-electron chi connectivity index (χ2n) is 5.01. The van der Waals surface area contributed by atoms with E-state index in [0.717, 1.165) is 38.9 Å². The third-order valence-corrected chi connectivity index (χ3v) is 3.79. The van der Waals surface area contributed by atoms with E-state index < -0.39 is 0 Å². The van der Waals surface area contributed by atoms with E-state index in [2.05, 4.69) is 21.8 Å². The van der Waals surface area contributed by atoms with E-state index in [1.807, 2.05) is 12.3 Å². The number of furan rings is 1. The molecule has 0 unspecified atom stereocenters. The molecule has 0 fully saturated rings. The first-order valence-electron chi connectivity index (χ1n) is 6.92. The summed E-state index contributed by atoms with van der Waals surface area (Å²) in [5.74, 6) is 0. The Morgan fingerprint density at radius 1 is 1.26 bits per heavy atom. The van der Waals surface area contributed by atoms with E-state index in [4.69, 9.17) is 4.42 Å². The fourth-order valence-electron chi connectivity index (χ4n) is 2.74. The van der Waals surface area contributed by atoms with Crippen LogP contribution in [-0.4, -0.2) is 28.0 Å². The summed E-state index contributed by atoms with van der Waals surface area (Å²) in [6.07, 6.45) is 8.34. The number of hydrogen-bond donors (Lipinski definition) is 0. The number of aryl methyl sites for hydroxylation is 1. The molecule has 0 amide bonds. The van der Waals surface area contributed by atoms with Crippen molar-refractivity contribution >= 4 is 0 Å². The van der Waals surface area contributed by atoms with Crippen LogP contribution in [0.1, 0.15) is 29.4 Å². The molecule has 1 aliphatic heterocycles. The Balaban J connectivity index is 1.74. The lowest BCUT2D eigenvalue weighted by molar-refractivity contribution is 0.278. The molecule has 19 heavy (non-hydrogen) atoms. The molecule has 1 aliphatic rings. The summed E-state index contributed by atoms with van der Waals surface area (Å²) in [4.78, 5) is 11.3. The van der Waals surface area contributed by atoms with Gasteiger partial charge >= 0.3 is 0 Å². The predicted molar refractivity (Wildman–Crippen MR) is 72.8 cm³/mol. The van der Waals surface area contributed by atoms with Crippen molar-refractivity contribution in [2.75, 3.05) is 13.1 Å². The van der Waals surface area contributed by atoms with Crippen molar-refractivity contribution in [3.05, 3.63) is 47.4 Å². The molecule has 3 rings (SSSR count). The Morgan fingerprint density at radius 2 is 2.16 bits per heavy atom. The average molecular weight is 257 g/mol. The highest BCUT2D eigenvalue weighted by molar-refractivity contribution is 5.26. The van der Waals surface area contributed by atoms with Crippen LogP contribution in [-0.2, 0) is 25.8 Å². The predicted octanol–water partition coefficient (Wildman–Crippen LogP) is 2.23. The molecule has 2 aromatic heterocycles. The number of nitrogens with zero attached hydrogens (tertiary/aromatic N) is 3. The van der Waals surface area contributed by atoms with E-state index in [0.29, 0.717) is 0 Å². The molecule has 0 atom stereocenters. The molecule has 0 radical (unpaired) electrons. The lowest BCUT2D eigenvalue weighted by Crippen LogP contribution is -2.25. The molecular formula is C15H19N3O. The van der Waals surface area contributed by atoms with Gasteiger partial charge in [0.2, 0.25) is 0 Å². The van der Waals surface area contributed by atoms with Crippen molar-refractivity contribution in [3.63, 3.8) is 0 Å². The summed E-state index contributed by atoms with van der Waals surface area (Å²) in [6, 6.07) is 2.04. The van der Waals surface area contributed by atoms with E-state index in [1.165, 1.54) is 22.5 Å². The van der Waals surface area contributed by atoms with Crippen LogP contribution in [0.25, 0.3) is 0 Å². The third-order valence-electron chi connectivity index (χ3n) is 3.79. The molecule has 100 valence electrons. The zero-order valence-corrected chi connectivity index (χ0v) is 11.3. The van der Waals surface area contributed by atoms with E-state index in [1.54, 1.807) is 12.6 Å². The minimum absolute atomic E-state index is 0.958. The molecule has 4 heteroatoms. The maximum atomic E-state index is 5.14. The smallest absolute Gasteiger partial charge is 0.115 e. The van der Waals surface area contributed by atoms with Gasteiger partial charge in [0.15, 0.2) is 0 Å². The summed E-state index contributed by atoms with van der Waals surface area (Å²) >= 11 is 0. The third kappa shape index (κ3) is 2.68. The summed E-state index contributed by atoms with van der Waals surface area (Å²) in [5.41, 5.74) is 5.07. The van der Waals surface area contributed by atoms with Gasteiger partial charge in [-0.15, -0.1) is 0 Å². The lowest BCUT2D eigenvalue weighted by atomic mass is 10.1. The molecule has 2 aromatic rings. The standard InChI is InChI=1S/C15H19N3O/c1-2-14-13-3-6-18(9-12-5-8-19-10-12)7-4-15(13)17-11-16-14/h5,8,10-11H,2-4,6-7,9H2,1H3. The van der Waals surface area contributed by atoms with Crippen molar-refractivity contribution in [1.29, 1.82) is 0 Å². The van der Waals surface area contributed by atoms with Gasteiger partial charge in [-0.25, -0.2) is 9.97 Å².